The van der Waals surface area contributed by atoms with E-state index in [0.717, 1.165) is 0 Å². The van der Waals surface area contributed by atoms with Crippen molar-refractivity contribution in [3.8, 4) is 5.75 Å². The van der Waals surface area contributed by atoms with Crippen molar-refractivity contribution in [3.05, 3.63) is 29.8 Å². The number of rotatable bonds is 9. The minimum absolute atomic E-state index is 0.144. The first-order valence-electron chi connectivity index (χ1n) is 6.43. The average molecular weight is 347 g/mol. The summed E-state index contributed by atoms with van der Waals surface area (Å²) in [6.45, 7) is 0. The van der Waals surface area contributed by atoms with E-state index in [4.69, 9.17) is 14.0 Å². The van der Waals surface area contributed by atoms with Gasteiger partial charge in [0.15, 0.2) is 6.29 Å². The Labute approximate surface area is 133 Å². The van der Waals surface area contributed by atoms with Crippen LogP contribution in [0.25, 0.3) is 0 Å². The first-order valence-corrected chi connectivity index (χ1v) is 8.04. The van der Waals surface area contributed by atoms with Gasteiger partial charge in [0.2, 0.25) is 6.41 Å². The van der Waals surface area contributed by atoms with Crippen LogP contribution in [0.4, 0.5) is 0 Å². The van der Waals surface area contributed by atoms with Gasteiger partial charge in [-0.3, -0.25) is 14.1 Å². The number of carbonyl (C=O) groups is 2. The number of aliphatic hydroxyl groups excluding tert-OH is 1. The molecule has 0 radical (unpaired) electrons. The van der Waals surface area contributed by atoms with E-state index >= 15 is 0 Å². The molecule has 0 bridgehead atoms. The van der Waals surface area contributed by atoms with Crippen molar-refractivity contribution in [2.75, 3.05) is 12.9 Å². The maximum Gasteiger partial charge on any atom is 0.312 e. The Morgan fingerprint density at radius 1 is 1.35 bits per heavy atom. The molecule has 1 rings (SSSR count). The largest absolute Gasteiger partial charge is 0.427 e. The fraction of sp³-hybridized carbons (Fsp3) is 0.385. The molecular weight excluding hydrogens is 330 g/mol. The molecule has 0 aliphatic heterocycles. The Morgan fingerprint density at radius 2 is 1.96 bits per heavy atom. The van der Waals surface area contributed by atoms with E-state index in [1.807, 2.05) is 0 Å². The summed E-state index contributed by atoms with van der Waals surface area (Å²) in [5.74, 6) is -1.41. The number of aliphatic hydroxyl groups is 1. The van der Waals surface area contributed by atoms with Gasteiger partial charge >= 0.3 is 5.97 Å². The summed E-state index contributed by atoms with van der Waals surface area (Å²) in [4.78, 5) is 22.0. The number of amides is 1. The van der Waals surface area contributed by atoms with Crippen molar-refractivity contribution in [3.63, 3.8) is 0 Å². The fourth-order valence-electron chi connectivity index (χ4n) is 1.69. The molecule has 0 aliphatic rings. The summed E-state index contributed by atoms with van der Waals surface area (Å²) in [5.41, 5.74) is 0.504. The van der Waals surface area contributed by atoms with Crippen LogP contribution in [0.1, 0.15) is 18.0 Å². The maximum atomic E-state index is 11.4. The first-order chi connectivity index (χ1) is 10.8. The highest BCUT2D eigenvalue weighted by molar-refractivity contribution is 7.85. The zero-order chi connectivity index (χ0) is 17.5. The molecule has 23 heavy (non-hydrogen) atoms. The molecule has 0 aromatic heterocycles. The van der Waals surface area contributed by atoms with Crippen molar-refractivity contribution in [2.24, 2.45) is 0 Å². The number of hydrogen-bond acceptors (Lipinski definition) is 7. The Kier molecular flexibility index (Phi) is 7.10. The van der Waals surface area contributed by atoms with Gasteiger partial charge in [0.1, 0.15) is 11.8 Å². The standard InChI is InChI=1S/C13H17NO8S/c1-21-13(17)12(14-8-15)9-2-4-10(5-3-9)22-11(16)6-7-23(18,19)20/h2-5,8,12-13,17H,6-7H2,1H3,(H,14,15)(H,18,19,20). The van der Waals surface area contributed by atoms with Gasteiger partial charge < -0.3 is 19.9 Å². The molecule has 9 nitrogen and oxygen atoms in total. The number of esters is 1. The van der Waals surface area contributed by atoms with E-state index in [1.54, 1.807) is 0 Å². The van der Waals surface area contributed by atoms with Crippen LogP contribution in [0.3, 0.4) is 0 Å². The molecule has 2 atom stereocenters. The van der Waals surface area contributed by atoms with Gasteiger partial charge in [0, 0.05) is 7.11 Å². The van der Waals surface area contributed by atoms with Crippen molar-refractivity contribution < 1.29 is 37.1 Å². The molecule has 128 valence electrons. The molecule has 0 fully saturated rings. The van der Waals surface area contributed by atoms with E-state index in [2.05, 4.69) is 5.32 Å². The molecule has 1 amide bonds. The quantitative estimate of drug-likeness (QED) is 0.181. The summed E-state index contributed by atoms with van der Waals surface area (Å²) in [6, 6.07) is 5.00. The molecule has 10 heteroatoms. The van der Waals surface area contributed by atoms with Crippen LogP contribution in [-0.4, -0.2) is 49.6 Å². The van der Waals surface area contributed by atoms with Gasteiger partial charge in [-0.15, -0.1) is 0 Å². The monoisotopic (exact) mass is 347 g/mol. The highest BCUT2D eigenvalue weighted by Gasteiger charge is 2.20. The fourth-order valence-corrected chi connectivity index (χ4v) is 2.12. The predicted molar refractivity (Wildman–Crippen MR) is 78.1 cm³/mol. The lowest BCUT2D eigenvalue weighted by molar-refractivity contribution is -0.134. The van der Waals surface area contributed by atoms with Crippen molar-refractivity contribution >= 4 is 22.5 Å². The zero-order valence-electron chi connectivity index (χ0n) is 12.2. The van der Waals surface area contributed by atoms with Gasteiger partial charge in [-0.05, 0) is 17.7 Å². The Balaban J connectivity index is 2.71. The molecule has 0 spiro atoms. The second-order valence-electron chi connectivity index (χ2n) is 4.47. The predicted octanol–water partition coefficient (Wildman–Crippen LogP) is -0.378. The van der Waals surface area contributed by atoms with Gasteiger partial charge in [0.25, 0.3) is 10.1 Å². The minimum Gasteiger partial charge on any atom is -0.427 e. The Morgan fingerprint density at radius 3 is 2.43 bits per heavy atom. The second kappa shape index (κ2) is 8.58. The number of carbonyl (C=O) groups excluding carboxylic acids is 2. The molecule has 1 aromatic rings. The van der Waals surface area contributed by atoms with Crippen molar-refractivity contribution in [2.45, 2.75) is 18.8 Å². The summed E-state index contributed by atoms with van der Waals surface area (Å²) in [6.07, 6.45) is -1.34. The van der Waals surface area contributed by atoms with Gasteiger partial charge in [-0.2, -0.15) is 8.42 Å². The number of ether oxygens (including phenoxy) is 2. The number of methoxy groups -OCH3 is 1. The zero-order valence-corrected chi connectivity index (χ0v) is 13.0. The molecule has 0 aliphatic carbocycles. The van der Waals surface area contributed by atoms with Crippen LogP contribution in [-0.2, 0) is 24.4 Å². The highest BCUT2D eigenvalue weighted by atomic mass is 32.2. The summed E-state index contributed by atoms with van der Waals surface area (Å²) in [5, 5.41) is 12.0. The van der Waals surface area contributed by atoms with Crippen LogP contribution < -0.4 is 10.1 Å². The summed E-state index contributed by atoms with van der Waals surface area (Å²) in [7, 11) is -2.96. The SMILES string of the molecule is COC(O)C(NC=O)c1ccc(OC(=O)CCS(=O)(=O)O)cc1. The summed E-state index contributed by atoms with van der Waals surface area (Å²) >= 11 is 0. The topological polar surface area (TPSA) is 139 Å². The number of benzene rings is 1. The molecule has 3 N–H and O–H groups in total. The van der Waals surface area contributed by atoms with Crippen LogP contribution in [0.2, 0.25) is 0 Å². The van der Waals surface area contributed by atoms with E-state index in [0.29, 0.717) is 12.0 Å². The lowest BCUT2D eigenvalue weighted by atomic mass is 10.1. The Bertz CT molecular complexity index is 628. The van der Waals surface area contributed by atoms with Gasteiger partial charge in [-0.1, -0.05) is 12.1 Å². The molecule has 0 saturated heterocycles. The number of hydrogen-bond donors (Lipinski definition) is 3. The van der Waals surface area contributed by atoms with Crippen molar-refractivity contribution in [1.29, 1.82) is 0 Å². The second-order valence-corrected chi connectivity index (χ2v) is 6.04. The van der Waals surface area contributed by atoms with Crippen LogP contribution in [0.5, 0.6) is 5.75 Å². The normalized spacial score (nSPS) is 13.9. The van der Waals surface area contributed by atoms with E-state index in [-0.39, 0.29) is 5.75 Å². The highest BCUT2D eigenvalue weighted by Crippen LogP contribution is 2.21. The lowest BCUT2D eigenvalue weighted by Crippen LogP contribution is -2.32. The molecule has 0 saturated carbocycles. The molecule has 2 unspecified atom stereocenters. The maximum absolute atomic E-state index is 11.4. The third kappa shape index (κ3) is 6.74. The van der Waals surface area contributed by atoms with Crippen LogP contribution in [0, 0.1) is 0 Å². The van der Waals surface area contributed by atoms with Crippen molar-refractivity contribution in [1.82, 2.24) is 5.32 Å². The molecule has 1 aromatic carbocycles. The van der Waals surface area contributed by atoms with Gasteiger partial charge in [-0.25, -0.2) is 0 Å². The molecular formula is C13H17NO8S. The number of nitrogens with one attached hydrogen (secondary N) is 1. The van der Waals surface area contributed by atoms with E-state index in [9.17, 15) is 23.1 Å². The minimum atomic E-state index is -4.23. The smallest absolute Gasteiger partial charge is 0.312 e. The third-order valence-corrected chi connectivity index (χ3v) is 3.53. The Hall–Kier alpha value is -2.01. The van der Waals surface area contributed by atoms with E-state index in [1.165, 1.54) is 31.4 Å². The van der Waals surface area contributed by atoms with E-state index < -0.39 is 40.6 Å². The lowest BCUT2D eigenvalue weighted by Gasteiger charge is -2.21. The van der Waals surface area contributed by atoms with Crippen LogP contribution in [0.15, 0.2) is 24.3 Å². The van der Waals surface area contributed by atoms with Gasteiger partial charge in [0.05, 0.1) is 12.2 Å². The van der Waals surface area contributed by atoms with Crippen LogP contribution >= 0.6 is 0 Å². The first kappa shape index (κ1) is 19.0. The molecule has 0 heterocycles. The third-order valence-electron chi connectivity index (χ3n) is 2.81. The average Bonchev–Trinajstić information content (AvgIpc) is 2.50. The summed E-state index contributed by atoms with van der Waals surface area (Å²) < 4.78 is 39.3.